The first-order chi connectivity index (χ1) is 8.61. The molecule has 0 aliphatic rings. The molecule has 2 nitrogen and oxygen atoms in total. The van der Waals surface area contributed by atoms with Crippen LogP contribution in [0.5, 0.6) is 0 Å². The maximum atomic E-state index is 9.45. The van der Waals surface area contributed by atoms with Crippen LogP contribution in [0.15, 0.2) is 12.1 Å². The fraction of sp³-hybridized carbons (Fsp3) is 0.647. The average molecular weight is 263 g/mol. The fourth-order valence-electron chi connectivity index (χ4n) is 2.46. The summed E-state index contributed by atoms with van der Waals surface area (Å²) in [6.07, 6.45) is -0.278. The van der Waals surface area contributed by atoms with Gasteiger partial charge in [-0.15, -0.1) is 0 Å². The monoisotopic (exact) mass is 263 g/mol. The van der Waals surface area contributed by atoms with Crippen molar-refractivity contribution >= 4 is 0 Å². The molecule has 2 heteroatoms. The number of hydrogen-bond donors (Lipinski definition) is 1. The van der Waals surface area contributed by atoms with Crippen molar-refractivity contribution in [2.75, 3.05) is 13.6 Å². The summed E-state index contributed by atoms with van der Waals surface area (Å²) in [5.74, 6) is 0. The number of aliphatic hydroxyl groups excluding tert-OH is 1. The van der Waals surface area contributed by atoms with Gasteiger partial charge in [-0.2, -0.15) is 0 Å². The Bertz CT molecular complexity index is 406. The minimum atomic E-state index is -0.278. The van der Waals surface area contributed by atoms with E-state index in [0.29, 0.717) is 6.54 Å². The van der Waals surface area contributed by atoms with Gasteiger partial charge < -0.3 is 5.11 Å². The molecule has 1 atom stereocenters. The minimum Gasteiger partial charge on any atom is -0.392 e. The highest BCUT2D eigenvalue weighted by Gasteiger charge is 2.17. The van der Waals surface area contributed by atoms with Crippen molar-refractivity contribution in [2.45, 2.75) is 59.6 Å². The third-order valence-corrected chi connectivity index (χ3v) is 3.57. The Labute approximate surface area is 118 Å². The molecule has 1 rings (SSSR count). The Balaban J connectivity index is 2.98. The number of aryl methyl sites for hydroxylation is 2. The molecule has 0 aromatic heterocycles. The van der Waals surface area contributed by atoms with E-state index in [1.54, 1.807) is 0 Å². The van der Waals surface area contributed by atoms with Crippen LogP contribution < -0.4 is 0 Å². The van der Waals surface area contributed by atoms with Crippen molar-refractivity contribution in [1.29, 1.82) is 0 Å². The standard InChI is InChI=1S/C17H29NO/c1-12-8-15(17(4,5)6)9-13(2)16(12)11-18(7)10-14(3)19/h8-9,14,19H,10-11H2,1-7H3. The summed E-state index contributed by atoms with van der Waals surface area (Å²) in [6, 6.07) is 4.61. The molecule has 0 spiro atoms. The molecule has 1 aromatic carbocycles. The lowest BCUT2D eigenvalue weighted by molar-refractivity contribution is 0.138. The van der Waals surface area contributed by atoms with Gasteiger partial charge in [0.05, 0.1) is 6.10 Å². The summed E-state index contributed by atoms with van der Waals surface area (Å²) in [5.41, 5.74) is 5.67. The average Bonchev–Trinajstić information content (AvgIpc) is 2.20. The predicted molar refractivity (Wildman–Crippen MR) is 82.6 cm³/mol. The lowest BCUT2D eigenvalue weighted by Crippen LogP contribution is -2.27. The Morgan fingerprint density at radius 3 is 2.00 bits per heavy atom. The first-order valence-corrected chi connectivity index (χ1v) is 7.08. The summed E-state index contributed by atoms with van der Waals surface area (Å²) in [6.45, 7) is 14.6. The molecule has 1 N–H and O–H groups in total. The number of aliphatic hydroxyl groups is 1. The van der Waals surface area contributed by atoms with Gasteiger partial charge in [0.2, 0.25) is 0 Å². The first-order valence-electron chi connectivity index (χ1n) is 7.08. The highest BCUT2D eigenvalue weighted by molar-refractivity contribution is 5.40. The van der Waals surface area contributed by atoms with Crippen LogP contribution in [0.2, 0.25) is 0 Å². The van der Waals surface area contributed by atoms with Crippen LogP contribution >= 0.6 is 0 Å². The van der Waals surface area contributed by atoms with Crippen molar-refractivity contribution in [3.8, 4) is 0 Å². The van der Waals surface area contributed by atoms with E-state index in [-0.39, 0.29) is 11.5 Å². The van der Waals surface area contributed by atoms with Gasteiger partial charge in [-0.25, -0.2) is 0 Å². The molecular weight excluding hydrogens is 234 g/mol. The summed E-state index contributed by atoms with van der Waals surface area (Å²) < 4.78 is 0. The zero-order chi connectivity index (χ0) is 14.8. The second-order valence-electron chi connectivity index (χ2n) is 6.88. The van der Waals surface area contributed by atoms with Crippen LogP contribution in [0.1, 0.15) is 49.9 Å². The second-order valence-corrected chi connectivity index (χ2v) is 6.88. The van der Waals surface area contributed by atoms with E-state index in [4.69, 9.17) is 0 Å². The smallest absolute Gasteiger partial charge is 0.0639 e. The number of nitrogens with zero attached hydrogens (tertiary/aromatic N) is 1. The first kappa shape index (κ1) is 16.2. The molecule has 1 aromatic rings. The number of likely N-dealkylation sites (N-methyl/N-ethyl adjacent to an activating group) is 1. The highest BCUT2D eigenvalue weighted by atomic mass is 16.3. The quantitative estimate of drug-likeness (QED) is 0.900. The molecule has 108 valence electrons. The van der Waals surface area contributed by atoms with Crippen LogP contribution in [-0.4, -0.2) is 29.7 Å². The van der Waals surface area contributed by atoms with Crippen LogP contribution in [0, 0.1) is 13.8 Å². The fourth-order valence-corrected chi connectivity index (χ4v) is 2.46. The van der Waals surface area contributed by atoms with Gasteiger partial charge in [0.15, 0.2) is 0 Å². The molecular formula is C17H29NO. The Hall–Kier alpha value is -0.860. The minimum absolute atomic E-state index is 0.194. The van der Waals surface area contributed by atoms with Crippen molar-refractivity contribution in [2.24, 2.45) is 0 Å². The summed E-state index contributed by atoms with van der Waals surface area (Å²) in [5, 5.41) is 9.45. The highest BCUT2D eigenvalue weighted by Crippen LogP contribution is 2.27. The van der Waals surface area contributed by atoms with Gasteiger partial charge >= 0.3 is 0 Å². The lowest BCUT2D eigenvalue weighted by atomic mass is 9.84. The van der Waals surface area contributed by atoms with E-state index in [1.165, 1.54) is 22.3 Å². The molecule has 0 fully saturated rings. The predicted octanol–water partition coefficient (Wildman–Crippen LogP) is 3.41. The molecule has 19 heavy (non-hydrogen) atoms. The van der Waals surface area contributed by atoms with Crippen LogP contribution in [-0.2, 0) is 12.0 Å². The number of rotatable bonds is 4. The van der Waals surface area contributed by atoms with Gasteiger partial charge in [-0.1, -0.05) is 32.9 Å². The van der Waals surface area contributed by atoms with E-state index < -0.39 is 0 Å². The summed E-state index contributed by atoms with van der Waals surface area (Å²) >= 11 is 0. The van der Waals surface area contributed by atoms with Crippen molar-refractivity contribution in [3.05, 3.63) is 34.4 Å². The topological polar surface area (TPSA) is 23.5 Å². The molecule has 0 heterocycles. The number of hydrogen-bond acceptors (Lipinski definition) is 2. The van der Waals surface area contributed by atoms with Gasteiger partial charge in [-0.3, -0.25) is 4.90 Å². The lowest BCUT2D eigenvalue weighted by Gasteiger charge is -2.25. The SMILES string of the molecule is Cc1cc(C(C)(C)C)cc(C)c1CN(C)CC(C)O. The van der Waals surface area contributed by atoms with E-state index in [9.17, 15) is 5.11 Å². The van der Waals surface area contributed by atoms with E-state index in [1.807, 2.05) is 6.92 Å². The van der Waals surface area contributed by atoms with Crippen molar-refractivity contribution < 1.29 is 5.11 Å². The number of benzene rings is 1. The molecule has 0 saturated carbocycles. The Morgan fingerprint density at radius 1 is 1.16 bits per heavy atom. The molecule has 0 radical (unpaired) electrons. The maximum Gasteiger partial charge on any atom is 0.0639 e. The van der Waals surface area contributed by atoms with Gasteiger partial charge in [0.25, 0.3) is 0 Å². The van der Waals surface area contributed by atoms with E-state index in [0.717, 1.165) is 6.54 Å². The molecule has 0 amide bonds. The van der Waals surface area contributed by atoms with E-state index >= 15 is 0 Å². The zero-order valence-corrected chi connectivity index (χ0v) is 13.5. The molecule has 0 bridgehead atoms. The molecule has 0 saturated heterocycles. The maximum absolute atomic E-state index is 9.45. The Kier molecular flexibility index (Phi) is 5.17. The van der Waals surface area contributed by atoms with Gasteiger partial charge in [-0.05, 0) is 55.5 Å². The summed E-state index contributed by atoms with van der Waals surface area (Å²) in [4.78, 5) is 2.18. The largest absolute Gasteiger partial charge is 0.392 e. The van der Waals surface area contributed by atoms with Crippen molar-refractivity contribution in [3.63, 3.8) is 0 Å². The summed E-state index contributed by atoms with van der Waals surface area (Å²) in [7, 11) is 2.06. The second kappa shape index (κ2) is 6.06. The molecule has 0 aliphatic heterocycles. The third kappa shape index (κ3) is 4.63. The van der Waals surface area contributed by atoms with Gasteiger partial charge in [0, 0.05) is 13.1 Å². The van der Waals surface area contributed by atoms with Crippen LogP contribution in [0.3, 0.4) is 0 Å². The van der Waals surface area contributed by atoms with Crippen LogP contribution in [0.4, 0.5) is 0 Å². The Morgan fingerprint density at radius 2 is 1.63 bits per heavy atom. The third-order valence-electron chi connectivity index (χ3n) is 3.57. The molecule has 0 aliphatic carbocycles. The molecule has 1 unspecified atom stereocenters. The van der Waals surface area contributed by atoms with Crippen molar-refractivity contribution in [1.82, 2.24) is 4.90 Å². The van der Waals surface area contributed by atoms with Crippen LogP contribution in [0.25, 0.3) is 0 Å². The van der Waals surface area contributed by atoms with Gasteiger partial charge in [0.1, 0.15) is 0 Å². The van der Waals surface area contributed by atoms with E-state index in [2.05, 4.69) is 58.7 Å². The zero-order valence-electron chi connectivity index (χ0n) is 13.5. The normalized spacial score (nSPS) is 13.9.